The zero-order valence-electron chi connectivity index (χ0n) is 19.5. The second-order valence-corrected chi connectivity index (χ2v) is 10.4. The van der Waals surface area contributed by atoms with Gasteiger partial charge in [-0.2, -0.15) is 0 Å². The van der Waals surface area contributed by atoms with Gasteiger partial charge in [0.15, 0.2) is 5.70 Å². The number of esters is 1. The lowest BCUT2D eigenvalue weighted by Crippen LogP contribution is -2.17. The summed E-state index contributed by atoms with van der Waals surface area (Å²) in [6.45, 7) is 12.4. The summed E-state index contributed by atoms with van der Waals surface area (Å²) in [4.78, 5) is 17.1. The number of aromatic hydroxyl groups is 1. The number of benzene rings is 3. The molecule has 0 unspecified atom stereocenters. The lowest BCUT2D eigenvalue weighted by molar-refractivity contribution is -0.129. The quantitative estimate of drug-likeness (QED) is 0.376. The second-order valence-electron chi connectivity index (χ2n) is 10.4. The molecule has 0 atom stereocenters. The van der Waals surface area contributed by atoms with Crippen LogP contribution in [-0.2, 0) is 20.4 Å². The Kier molecular flexibility index (Phi) is 5.20. The number of phenolic OH excluding ortho intramolecular Hbond substituents is 1. The molecule has 0 spiro atoms. The fourth-order valence-corrected chi connectivity index (χ4v) is 3.90. The van der Waals surface area contributed by atoms with Crippen LogP contribution in [0.5, 0.6) is 5.75 Å². The Morgan fingerprint density at radius 2 is 1.44 bits per heavy atom. The molecule has 0 saturated carbocycles. The van der Waals surface area contributed by atoms with Crippen molar-refractivity contribution in [1.29, 1.82) is 0 Å². The number of cyclic esters (lactones) is 1. The molecule has 32 heavy (non-hydrogen) atoms. The number of hydrogen-bond donors (Lipinski definition) is 1. The molecule has 1 N–H and O–H groups in total. The van der Waals surface area contributed by atoms with E-state index in [4.69, 9.17) is 4.74 Å². The number of carbonyl (C=O) groups is 1. The normalized spacial score (nSPS) is 15.9. The maximum absolute atomic E-state index is 12.6. The summed E-state index contributed by atoms with van der Waals surface area (Å²) < 4.78 is 5.49. The van der Waals surface area contributed by atoms with Crippen LogP contribution in [0.1, 0.15) is 63.8 Å². The average molecular weight is 428 g/mol. The monoisotopic (exact) mass is 427 g/mol. The first-order valence-electron chi connectivity index (χ1n) is 10.8. The van der Waals surface area contributed by atoms with Crippen molar-refractivity contribution in [2.24, 2.45) is 4.99 Å². The molecule has 1 heterocycles. The molecule has 4 nitrogen and oxygen atoms in total. The van der Waals surface area contributed by atoms with E-state index in [-0.39, 0.29) is 16.5 Å². The number of ether oxygens (including phenoxy) is 1. The van der Waals surface area contributed by atoms with Crippen molar-refractivity contribution in [3.8, 4) is 5.75 Å². The third-order valence-corrected chi connectivity index (χ3v) is 5.67. The van der Waals surface area contributed by atoms with Crippen LogP contribution in [-0.4, -0.2) is 17.0 Å². The van der Waals surface area contributed by atoms with Crippen molar-refractivity contribution in [3.63, 3.8) is 0 Å². The predicted octanol–water partition coefficient (Wildman–Crippen LogP) is 6.48. The van der Waals surface area contributed by atoms with Gasteiger partial charge in [-0.1, -0.05) is 71.9 Å². The highest BCUT2D eigenvalue weighted by atomic mass is 16.6. The molecule has 0 radical (unpaired) electrons. The van der Waals surface area contributed by atoms with Crippen LogP contribution in [0.3, 0.4) is 0 Å². The topological polar surface area (TPSA) is 58.9 Å². The van der Waals surface area contributed by atoms with Gasteiger partial charge >= 0.3 is 5.97 Å². The van der Waals surface area contributed by atoms with Crippen molar-refractivity contribution in [3.05, 3.63) is 82.5 Å². The molecule has 0 aliphatic carbocycles. The minimum atomic E-state index is -0.476. The average Bonchev–Trinajstić information content (AvgIpc) is 3.07. The van der Waals surface area contributed by atoms with Gasteiger partial charge in [-0.25, -0.2) is 9.79 Å². The Balaban J connectivity index is 1.79. The minimum Gasteiger partial charge on any atom is -0.507 e. The number of rotatable bonds is 2. The first-order chi connectivity index (χ1) is 14.9. The van der Waals surface area contributed by atoms with E-state index in [2.05, 4.69) is 46.5 Å². The summed E-state index contributed by atoms with van der Waals surface area (Å²) >= 11 is 0. The molecule has 0 aromatic heterocycles. The molecule has 0 bridgehead atoms. The molecule has 0 saturated heterocycles. The fraction of sp³-hybridized carbons (Fsp3) is 0.286. The van der Waals surface area contributed by atoms with E-state index in [1.54, 1.807) is 6.08 Å². The van der Waals surface area contributed by atoms with E-state index in [0.717, 1.165) is 33.0 Å². The molecule has 0 amide bonds. The van der Waals surface area contributed by atoms with E-state index < -0.39 is 5.97 Å². The van der Waals surface area contributed by atoms with E-state index in [1.807, 2.05) is 54.6 Å². The smallest absolute Gasteiger partial charge is 0.363 e. The Hall–Kier alpha value is -3.40. The zero-order valence-corrected chi connectivity index (χ0v) is 19.5. The third-order valence-electron chi connectivity index (χ3n) is 5.67. The predicted molar refractivity (Wildman–Crippen MR) is 130 cm³/mol. The van der Waals surface area contributed by atoms with Crippen molar-refractivity contribution >= 4 is 28.7 Å². The Bertz CT molecular complexity index is 1250. The summed E-state index contributed by atoms with van der Waals surface area (Å²) in [6.07, 6.45) is 1.74. The highest BCUT2D eigenvalue weighted by Gasteiger charge is 2.28. The number of hydrogen-bond acceptors (Lipinski definition) is 4. The largest absolute Gasteiger partial charge is 0.507 e. The molecular weight excluding hydrogens is 398 g/mol. The first kappa shape index (κ1) is 21.8. The van der Waals surface area contributed by atoms with Gasteiger partial charge < -0.3 is 9.84 Å². The SMILES string of the molecule is CC(C)(C)c1cc(/C=C2\N=C(c3ccc4ccccc4c3)OC2=O)cc(C(C)(C)C)c1O. The highest BCUT2D eigenvalue weighted by molar-refractivity contribution is 6.13. The van der Waals surface area contributed by atoms with Crippen molar-refractivity contribution < 1.29 is 14.6 Å². The fourth-order valence-electron chi connectivity index (χ4n) is 3.90. The standard InChI is InChI=1S/C28H29NO3/c1-27(2,3)21-13-17(14-22(24(21)30)28(4,5)6)15-23-26(31)32-25(29-23)20-12-11-18-9-7-8-10-19(18)16-20/h7-16,30H,1-6H3/b23-15-. The summed E-state index contributed by atoms with van der Waals surface area (Å²) in [7, 11) is 0. The lowest BCUT2D eigenvalue weighted by atomic mass is 9.78. The van der Waals surface area contributed by atoms with Gasteiger partial charge in [-0.05, 0) is 57.5 Å². The molecule has 4 heteroatoms. The Morgan fingerprint density at radius 1 is 0.844 bits per heavy atom. The number of phenols is 1. The first-order valence-corrected chi connectivity index (χ1v) is 10.8. The summed E-state index contributed by atoms with van der Waals surface area (Å²) in [6, 6.07) is 17.8. The molecule has 0 fully saturated rings. The van der Waals surface area contributed by atoms with Crippen LogP contribution >= 0.6 is 0 Å². The summed E-state index contributed by atoms with van der Waals surface area (Å²) in [5, 5.41) is 13.1. The van der Waals surface area contributed by atoms with E-state index >= 15 is 0 Å². The number of carbonyl (C=O) groups excluding carboxylic acids is 1. The van der Waals surface area contributed by atoms with Crippen molar-refractivity contribution in [1.82, 2.24) is 0 Å². The second kappa shape index (κ2) is 7.63. The molecular formula is C28H29NO3. The Labute approximate surface area is 189 Å². The number of nitrogens with zero attached hydrogens (tertiary/aromatic N) is 1. The van der Waals surface area contributed by atoms with Crippen LogP contribution < -0.4 is 0 Å². The van der Waals surface area contributed by atoms with Crippen molar-refractivity contribution in [2.75, 3.05) is 0 Å². The molecule has 1 aliphatic rings. The number of aliphatic imine (C=N–C) groups is 1. The zero-order chi connectivity index (χ0) is 23.3. The highest BCUT2D eigenvalue weighted by Crippen LogP contribution is 2.40. The van der Waals surface area contributed by atoms with Crippen LogP contribution in [0, 0.1) is 0 Å². The van der Waals surface area contributed by atoms with E-state index in [9.17, 15) is 9.90 Å². The van der Waals surface area contributed by atoms with Gasteiger partial charge in [0.1, 0.15) is 5.75 Å². The number of fused-ring (bicyclic) bond motifs is 1. The van der Waals surface area contributed by atoms with Crippen LogP contribution in [0.25, 0.3) is 16.8 Å². The Morgan fingerprint density at radius 3 is 2.03 bits per heavy atom. The maximum Gasteiger partial charge on any atom is 0.363 e. The molecule has 3 aromatic rings. The third kappa shape index (κ3) is 4.18. The van der Waals surface area contributed by atoms with Crippen LogP contribution in [0.15, 0.2) is 65.3 Å². The molecule has 1 aliphatic heterocycles. The van der Waals surface area contributed by atoms with Gasteiger partial charge in [-0.3, -0.25) is 0 Å². The van der Waals surface area contributed by atoms with Gasteiger partial charge in [0.25, 0.3) is 0 Å². The van der Waals surface area contributed by atoms with Crippen molar-refractivity contribution in [2.45, 2.75) is 52.4 Å². The minimum absolute atomic E-state index is 0.249. The molecule has 3 aromatic carbocycles. The van der Waals surface area contributed by atoms with Crippen LogP contribution in [0.4, 0.5) is 0 Å². The van der Waals surface area contributed by atoms with E-state index in [1.165, 1.54) is 0 Å². The lowest BCUT2D eigenvalue weighted by Gasteiger charge is -2.27. The summed E-state index contributed by atoms with van der Waals surface area (Å²) in [5.74, 6) is 0.134. The molecule has 164 valence electrons. The van der Waals surface area contributed by atoms with E-state index in [0.29, 0.717) is 11.6 Å². The van der Waals surface area contributed by atoms with Crippen LogP contribution in [0.2, 0.25) is 0 Å². The maximum atomic E-state index is 12.6. The summed E-state index contributed by atoms with van der Waals surface area (Å²) in [5.41, 5.74) is 2.98. The molecule has 4 rings (SSSR count). The van der Waals surface area contributed by atoms with Gasteiger partial charge in [-0.15, -0.1) is 0 Å². The van der Waals surface area contributed by atoms with Gasteiger partial charge in [0, 0.05) is 16.7 Å². The van der Waals surface area contributed by atoms with Gasteiger partial charge in [0.2, 0.25) is 5.90 Å². The van der Waals surface area contributed by atoms with Gasteiger partial charge in [0.05, 0.1) is 0 Å².